The van der Waals surface area contributed by atoms with Crippen molar-refractivity contribution in [1.29, 1.82) is 0 Å². The Bertz CT molecular complexity index is 283. The first-order valence-corrected chi connectivity index (χ1v) is 8.97. The van der Waals surface area contributed by atoms with E-state index < -0.39 is 0 Å². The molecule has 0 radical (unpaired) electrons. The number of aryl methyl sites for hydroxylation is 1. The summed E-state index contributed by atoms with van der Waals surface area (Å²) in [5.41, 5.74) is 1.29. The number of carbonyl (C=O) groups is 2. The molecule has 0 aliphatic rings. The second-order valence-corrected chi connectivity index (χ2v) is 5.80. The van der Waals surface area contributed by atoms with E-state index in [1.165, 1.54) is 33.3 Å². The van der Waals surface area contributed by atoms with Gasteiger partial charge < -0.3 is 9.59 Å². The van der Waals surface area contributed by atoms with Crippen LogP contribution in [0, 0.1) is 13.0 Å². The number of Topliss-reactive ketones (excluding diaryl/α,β-unsaturated/α-hetero) is 2. The predicted molar refractivity (Wildman–Crippen MR) is 74.4 cm³/mol. The average Bonchev–Trinajstić information content (AvgIpc) is 2.18. The van der Waals surface area contributed by atoms with Gasteiger partial charge in [-0.05, 0) is 27.7 Å². The molecule has 0 aliphatic carbocycles. The molecule has 0 bridgehead atoms. The van der Waals surface area contributed by atoms with E-state index in [9.17, 15) is 9.59 Å². The fourth-order valence-corrected chi connectivity index (χ4v) is 0.470. The molecule has 18 heavy (non-hydrogen) atoms. The zero-order valence-electron chi connectivity index (χ0n) is 11.2. The number of hydrogen-bond acceptors (Lipinski definition) is 2. The molecule has 0 aromatic heterocycles. The minimum atomic E-state index is -0.106. The third-order valence-electron chi connectivity index (χ3n) is 0.885. The van der Waals surface area contributed by atoms with Gasteiger partial charge in [0.2, 0.25) is 0 Å². The van der Waals surface area contributed by atoms with Gasteiger partial charge in [-0.15, -0.1) is 0 Å². The van der Waals surface area contributed by atoms with E-state index in [2.05, 4.69) is 13.0 Å². The molecule has 0 unspecified atom stereocenters. The topological polar surface area (TPSA) is 34.1 Å². The fraction of sp³-hybridized carbons (Fsp3) is 0.385. The third kappa shape index (κ3) is 56.9. The summed E-state index contributed by atoms with van der Waals surface area (Å²) in [6, 6.07) is 10.8. The van der Waals surface area contributed by atoms with Crippen molar-refractivity contribution in [3.8, 4) is 0 Å². The molecule has 5 heteroatoms. The number of carbonyl (C=O) groups excluding carboxylic acids is 2. The summed E-state index contributed by atoms with van der Waals surface area (Å²) in [6.45, 7) is 8.17. The van der Waals surface area contributed by atoms with Gasteiger partial charge in [-0.2, -0.15) is 35.9 Å². The number of hydrogen-bond donors (Lipinski definition) is 0. The van der Waals surface area contributed by atoms with Gasteiger partial charge in [-0.1, -0.05) is 6.92 Å². The van der Waals surface area contributed by atoms with Crippen LogP contribution in [-0.2, 0) is 25.5 Å². The molecule has 1 aromatic carbocycles. The van der Waals surface area contributed by atoms with Gasteiger partial charge in [0.05, 0.1) is 0 Å². The molecule has 0 fully saturated rings. The Morgan fingerprint density at radius 3 is 1.33 bits per heavy atom. The summed E-state index contributed by atoms with van der Waals surface area (Å²) >= 11 is -0.106. The molecule has 0 atom stereocenters. The first-order chi connectivity index (χ1) is 8.27. The Morgan fingerprint density at radius 2 is 1.22 bits per heavy atom. The summed E-state index contributed by atoms with van der Waals surface area (Å²) in [5.74, 6) is 0.333. The fourth-order valence-electron chi connectivity index (χ4n) is 0.470. The summed E-state index contributed by atoms with van der Waals surface area (Å²) in [6.07, 6.45) is 0. The quantitative estimate of drug-likeness (QED) is 0.492. The molecule has 0 aliphatic heterocycles. The zero-order valence-corrected chi connectivity index (χ0v) is 14.3. The molecule has 108 valence electrons. The van der Waals surface area contributed by atoms with Gasteiger partial charge in [-0.3, -0.25) is 0 Å². The second kappa shape index (κ2) is 19.1. The minimum absolute atomic E-state index is 0.106. The number of benzene rings is 1. The number of ketones is 2. The molecule has 2 nitrogen and oxygen atoms in total. The van der Waals surface area contributed by atoms with Gasteiger partial charge in [-0.25, -0.2) is 0 Å². The Labute approximate surface area is 126 Å². The van der Waals surface area contributed by atoms with Crippen molar-refractivity contribution in [2.45, 2.75) is 34.6 Å². The van der Waals surface area contributed by atoms with Crippen LogP contribution in [0.25, 0.3) is 0 Å². The van der Waals surface area contributed by atoms with E-state index in [-0.39, 0.29) is 27.5 Å². The van der Waals surface area contributed by atoms with Crippen LogP contribution in [0.3, 0.4) is 0 Å². The summed E-state index contributed by atoms with van der Waals surface area (Å²) in [4.78, 5) is 18.9. The first kappa shape index (κ1) is 22.9. The van der Waals surface area contributed by atoms with Crippen LogP contribution in [0.1, 0.15) is 33.3 Å². The molecular weight excluding hydrogens is 365 g/mol. The molecular formula is C13H19Cl2O2Pd-. The molecule has 0 amide bonds. The van der Waals surface area contributed by atoms with Gasteiger partial charge >= 0.3 is 35.0 Å². The Morgan fingerprint density at radius 1 is 1.00 bits per heavy atom. The Hall–Kier alpha value is -0.198. The summed E-state index contributed by atoms with van der Waals surface area (Å²) in [7, 11) is 9.63. The van der Waals surface area contributed by atoms with Crippen molar-refractivity contribution >= 4 is 30.6 Å². The zero-order chi connectivity index (χ0) is 15.0. The molecule has 0 spiro atoms. The molecule has 1 rings (SSSR count). The predicted octanol–water partition coefficient (Wildman–Crippen LogP) is 4.36. The van der Waals surface area contributed by atoms with Crippen LogP contribution in [0.4, 0.5) is 0 Å². The van der Waals surface area contributed by atoms with E-state index in [1.807, 2.05) is 24.3 Å². The SMILES string of the molecule is CC(C)=O.CC(C)=O.Cc1cc[c-]cc1.[Cl][Pd][Cl]. The van der Waals surface area contributed by atoms with Crippen molar-refractivity contribution in [1.82, 2.24) is 0 Å². The third-order valence-corrected chi connectivity index (χ3v) is 0.885. The second-order valence-electron chi connectivity index (χ2n) is 3.44. The Balaban J connectivity index is -0.000000180. The van der Waals surface area contributed by atoms with E-state index in [0.717, 1.165) is 0 Å². The van der Waals surface area contributed by atoms with Crippen molar-refractivity contribution < 1.29 is 25.5 Å². The van der Waals surface area contributed by atoms with Crippen LogP contribution in [0.5, 0.6) is 0 Å². The van der Waals surface area contributed by atoms with Crippen LogP contribution in [0.15, 0.2) is 24.3 Å². The van der Waals surface area contributed by atoms with E-state index in [0.29, 0.717) is 0 Å². The standard InChI is InChI=1S/C7H7.2C3H6O.2ClH.Pd/c1-7-5-3-2-4-6-7;2*1-3(2)4;;;/h3-6H,1H3;2*1-2H3;2*1H;/q-1;;;;;+2/p-2. The summed E-state index contributed by atoms with van der Waals surface area (Å²) in [5, 5.41) is 0. The van der Waals surface area contributed by atoms with Crippen LogP contribution in [0.2, 0.25) is 0 Å². The average molecular weight is 385 g/mol. The molecule has 0 saturated carbocycles. The van der Waals surface area contributed by atoms with Crippen LogP contribution < -0.4 is 0 Å². The van der Waals surface area contributed by atoms with E-state index >= 15 is 0 Å². The first-order valence-electron chi connectivity index (χ1n) is 4.97. The van der Waals surface area contributed by atoms with Gasteiger partial charge in [0.1, 0.15) is 11.6 Å². The Kier molecular flexibility index (Phi) is 24.4. The summed E-state index contributed by atoms with van der Waals surface area (Å²) < 4.78 is 0. The molecule has 0 N–H and O–H groups in total. The van der Waals surface area contributed by atoms with Crippen LogP contribution >= 0.6 is 19.1 Å². The number of rotatable bonds is 0. The van der Waals surface area contributed by atoms with E-state index in [4.69, 9.17) is 19.1 Å². The van der Waals surface area contributed by atoms with Crippen molar-refractivity contribution in [2.24, 2.45) is 0 Å². The molecule has 1 aromatic rings. The van der Waals surface area contributed by atoms with Gasteiger partial charge in [0.15, 0.2) is 0 Å². The van der Waals surface area contributed by atoms with Crippen molar-refractivity contribution in [3.63, 3.8) is 0 Å². The van der Waals surface area contributed by atoms with E-state index in [1.54, 1.807) is 0 Å². The number of halogens is 2. The van der Waals surface area contributed by atoms with Crippen LogP contribution in [-0.4, -0.2) is 11.6 Å². The normalized spacial score (nSPS) is 7.50. The maximum absolute atomic E-state index is 9.44. The molecule has 0 heterocycles. The monoisotopic (exact) mass is 383 g/mol. The van der Waals surface area contributed by atoms with Crippen molar-refractivity contribution in [2.75, 3.05) is 0 Å². The van der Waals surface area contributed by atoms with Gasteiger partial charge in [0, 0.05) is 0 Å². The molecule has 0 saturated heterocycles. The maximum atomic E-state index is 9.44. The van der Waals surface area contributed by atoms with Crippen molar-refractivity contribution in [3.05, 3.63) is 35.9 Å². The van der Waals surface area contributed by atoms with Gasteiger partial charge in [0.25, 0.3) is 0 Å².